The van der Waals surface area contributed by atoms with Crippen molar-refractivity contribution in [2.24, 2.45) is 0 Å². The second-order valence-corrected chi connectivity index (χ2v) is 6.46. The third kappa shape index (κ3) is 2.92. The van der Waals surface area contributed by atoms with E-state index in [2.05, 4.69) is 15.1 Å². The number of fused-ring (bicyclic) bond motifs is 1. The second kappa shape index (κ2) is 6.79. The molecule has 0 fully saturated rings. The number of carbonyl (C=O) groups excluding carboxylic acids is 1. The summed E-state index contributed by atoms with van der Waals surface area (Å²) in [6.45, 7) is 2.94. The number of rotatable bonds is 4. The van der Waals surface area contributed by atoms with E-state index in [1.165, 1.54) is 0 Å². The molecule has 0 unspecified atom stereocenters. The highest BCUT2D eigenvalue weighted by atomic mass is 16.5. The van der Waals surface area contributed by atoms with E-state index in [0.717, 1.165) is 22.8 Å². The van der Waals surface area contributed by atoms with Crippen molar-refractivity contribution < 1.29 is 9.53 Å². The van der Waals surface area contributed by atoms with Crippen LogP contribution in [0.1, 0.15) is 34.4 Å². The van der Waals surface area contributed by atoms with Crippen LogP contribution in [0.15, 0.2) is 35.3 Å². The van der Waals surface area contributed by atoms with Crippen LogP contribution in [0.3, 0.4) is 0 Å². The number of amides is 1. The Morgan fingerprint density at radius 3 is 2.81 bits per heavy atom. The number of nitrogens with zero attached hydrogens (tertiary/aromatic N) is 3. The van der Waals surface area contributed by atoms with Crippen molar-refractivity contribution in [3.8, 4) is 11.4 Å². The number of aromatic amines is 2. The number of hydrogen-bond donors (Lipinski definition) is 2. The number of benzene rings is 1. The van der Waals surface area contributed by atoms with Crippen LogP contribution in [-0.2, 0) is 19.4 Å². The number of methoxy groups -OCH3 is 1. The minimum Gasteiger partial charge on any atom is -0.494 e. The quantitative estimate of drug-likeness (QED) is 0.733. The van der Waals surface area contributed by atoms with Crippen LogP contribution in [-0.4, -0.2) is 44.2 Å². The van der Waals surface area contributed by atoms with Crippen molar-refractivity contribution in [3.05, 3.63) is 63.6 Å². The zero-order valence-corrected chi connectivity index (χ0v) is 15.3. The van der Waals surface area contributed by atoms with E-state index in [1.807, 2.05) is 31.2 Å². The molecule has 0 saturated heterocycles. The maximum Gasteiger partial charge on any atom is 0.323 e. The van der Waals surface area contributed by atoms with Gasteiger partial charge in [-0.2, -0.15) is 5.10 Å². The second-order valence-electron chi connectivity index (χ2n) is 6.46. The van der Waals surface area contributed by atoms with Gasteiger partial charge in [0.05, 0.1) is 36.8 Å². The predicted octanol–water partition coefficient (Wildman–Crippen LogP) is 1.66. The molecule has 3 aromatic rings. The summed E-state index contributed by atoms with van der Waals surface area (Å²) < 4.78 is 7.20. The van der Waals surface area contributed by atoms with Gasteiger partial charge in [-0.25, -0.2) is 9.48 Å². The molecule has 4 rings (SSSR count). The highest BCUT2D eigenvalue weighted by Crippen LogP contribution is 2.26. The molecule has 0 aliphatic carbocycles. The number of nitrogens with one attached hydrogen (secondary N) is 2. The lowest BCUT2D eigenvalue weighted by atomic mass is 10.1. The van der Waals surface area contributed by atoms with Gasteiger partial charge >= 0.3 is 5.69 Å². The topological polar surface area (TPSA) is 96.0 Å². The number of imidazole rings is 1. The molecule has 1 amide bonds. The average Bonchev–Trinajstić information content (AvgIpc) is 3.28. The number of aromatic nitrogens is 4. The molecule has 3 heterocycles. The van der Waals surface area contributed by atoms with Crippen LogP contribution in [0.5, 0.6) is 5.75 Å². The van der Waals surface area contributed by atoms with Crippen LogP contribution in [0, 0.1) is 0 Å². The minimum atomic E-state index is -0.229. The van der Waals surface area contributed by atoms with Gasteiger partial charge in [0.25, 0.3) is 5.91 Å². The normalized spacial score (nSPS) is 13.5. The van der Waals surface area contributed by atoms with E-state index < -0.39 is 0 Å². The van der Waals surface area contributed by atoms with Crippen molar-refractivity contribution in [1.29, 1.82) is 0 Å². The molecule has 0 saturated carbocycles. The van der Waals surface area contributed by atoms with Gasteiger partial charge in [0.15, 0.2) is 0 Å². The van der Waals surface area contributed by atoms with Crippen molar-refractivity contribution >= 4 is 5.91 Å². The summed E-state index contributed by atoms with van der Waals surface area (Å²) in [5, 5.41) is 4.46. The molecule has 0 radical (unpaired) electrons. The molecule has 140 valence electrons. The van der Waals surface area contributed by atoms with E-state index in [0.29, 0.717) is 37.2 Å². The van der Waals surface area contributed by atoms with Crippen molar-refractivity contribution in [2.75, 3.05) is 13.7 Å². The Hall–Kier alpha value is -3.29. The monoisotopic (exact) mass is 367 g/mol. The van der Waals surface area contributed by atoms with Crippen molar-refractivity contribution in [3.63, 3.8) is 0 Å². The molecule has 8 nitrogen and oxygen atoms in total. The van der Waals surface area contributed by atoms with Gasteiger partial charge < -0.3 is 19.6 Å². The Bertz CT molecular complexity index is 1050. The molecule has 0 atom stereocenters. The van der Waals surface area contributed by atoms with Crippen LogP contribution in [0.25, 0.3) is 5.69 Å². The Kier molecular flexibility index (Phi) is 4.31. The fraction of sp³-hybridized carbons (Fsp3) is 0.316. The molecule has 8 heteroatoms. The summed E-state index contributed by atoms with van der Waals surface area (Å²) in [5.74, 6) is 0.613. The molecule has 2 aromatic heterocycles. The fourth-order valence-electron chi connectivity index (χ4n) is 3.57. The third-order valence-electron chi connectivity index (χ3n) is 4.91. The van der Waals surface area contributed by atoms with Gasteiger partial charge in [-0.05, 0) is 18.6 Å². The van der Waals surface area contributed by atoms with Crippen molar-refractivity contribution in [2.45, 2.75) is 26.3 Å². The smallest absolute Gasteiger partial charge is 0.323 e. The first-order valence-corrected chi connectivity index (χ1v) is 8.92. The summed E-state index contributed by atoms with van der Waals surface area (Å²) in [6.07, 6.45) is 2.89. The lowest BCUT2D eigenvalue weighted by Crippen LogP contribution is -2.36. The largest absolute Gasteiger partial charge is 0.494 e. The van der Waals surface area contributed by atoms with E-state index in [-0.39, 0.29) is 11.6 Å². The Labute approximate surface area is 155 Å². The van der Waals surface area contributed by atoms with Gasteiger partial charge in [0.1, 0.15) is 11.4 Å². The molecular weight excluding hydrogens is 346 g/mol. The zero-order chi connectivity index (χ0) is 19.0. The van der Waals surface area contributed by atoms with Gasteiger partial charge in [0, 0.05) is 18.7 Å². The molecular formula is C19H21N5O3. The lowest BCUT2D eigenvalue weighted by Gasteiger charge is -2.26. The minimum absolute atomic E-state index is 0.0827. The Morgan fingerprint density at radius 2 is 2.04 bits per heavy atom. The number of hydrogen-bond acceptors (Lipinski definition) is 4. The molecule has 1 aliphatic heterocycles. The molecule has 1 aromatic carbocycles. The maximum absolute atomic E-state index is 13.1. The third-order valence-corrected chi connectivity index (χ3v) is 4.91. The molecule has 2 N–H and O–H groups in total. The van der Waals surface area contributed by atoms with Crippen LogP contribution >= 0.6 is 0 Å². The van der Waals surface area contributed by atoms with E-state index >= 15 is 0 Å². The van der Waals surface area contributed by atoms with Crippen molar-refractivity contribution in [1.82, 2.24) is 24.6 Å². The van der Waals surface area contributed by atoms with Crippen LogP contribution in [0.4, 0.5) is 0 Å². The Balaban J connectivity index is 1.68. The van der Waals surface area contributed by atoms with Gasteiger partial charge in [-0.1, -0.05) is 19.1 Å². The predicted molar refractivity (Wildman–Crippen MR) is 99.4 cm³/mol. The first kappa shape index (κ1) is 17.1. The van der Waals surface area contributed by atoms with Crippen LogP contribution < -0.4 is 10.4 Å². The number of H-pyrrole nitrogens is 2. The highest BCUT2D eigenvalue weighted by molar-refractivity contribution is 5.95. The van der Waals surface area contributed by atoms with Gasteiger partial charge in [-0.15, -0.1) is 0 Å². The number of para-hydroxylation sites is 2. The first-order chi connectivity index (χ1) is 13.1. The molecule has 1 aliphatic rings. The average molecular weight is 367 g/mol. The standard InChI is InChI=1S/C19H21N5O3/c1-3-15-12(10-20-24(15)16-6-4-5-7-17(16)27-2)18(25)23-9-8-13-14(11-23)22-19(26)21-13/h4-7,10H,3,8-9,11H2,1-2H3,(H2,21,22,26). The summed E-state index contributed by atoms with van der Waals surface area (Å²) in [7, 11) is 1.61. The van der Waals surface area contributed by atoms with E-state index in [1.54, 1.807) is 22.9 Å². The zero-order valence-electron chi connectivity index (χ0n) is 15.3. The van der Waals surface area contributed by atoms with Gasteiger partial charge in [-0.3, -0.25) is 4.79 Å². The SMILES string of the molecule is CCc1c(C(=O)N2CCc3[nH]c(=O)[nH]c3C2)cnn1-c1ccccc1OC. The fourth-order valence-corrected chi connectivity index (χ4v) is 3.57. The molecule has 27 heavy (non-hydrogen) atoms. The summed E-state index contributed by atoms with van der Waals surface area (Å²) in [5.41, 5.74) is 3.63. The highest BCUT2D eigenvalue weighted by Gasteiger charge is 2.27. The number of ether oxygens (including phenoxy) is 1. The maximum atomic E-state index is 13.1. The van der Waals surface area contributed by atoms with Gasteiger partial charge in [0.2, 0.25) is 0 Å². The molecule has 0 bridgehead atoms. The summed E-state index contributed by atoms with van der Waals surface area (Å²) in [6, 6.07) is 7.59. The molecule has 0 spiro atoms. The Morgan fingerprint density at radius 1 is 1.26 bits per heavy atom. The summed E-state index contributed by atoms with van der Waals surface area (Å²) in [4.78, 5) is 31.9. The summed E-state index contributed by atoms with van der Waals surface area (Å²) >= 11 is 0. The first-order valence-electron chi connectivity index (χ1n) is 8.92. The number of carbonyl (C=O) groups is 1. The van der Waals surface area contributed by atoms with E-state index in [9.17, 15) is 9.59 Å². The van der Waals surface area contributed by atoms with E-state index in [4.69, 9.17) is 4.74 Å². The lowest BCUT2D eigenvalue weighted by molar-refractivity contribution is 0.0730. The van der Waals surface area contributed by atoms with Crippen LogP contribution in [0.2, 0.25) is 0 Å².